The smallest absolute Gasteiger partial charge is 0.326 e. The van der Waals surface area contributed by atoms with Crippen molar-refractivity contribution in [1.29, 1.82) is 0 Å². The topological polar surface area (TPSA) is 192 Å². The number of hydrogen-bond donors (Lipinski definition) is 7. The summed E-state index contributed by atoms with van der Waals surface area (Å²) in [4.78, 5) is 51.2. The Morgan fingerprint density at radius 2 is 1.82 bits per heavy atom. The zero-order valence-electron chi connectivity index (χ0n) is 18.6. The molecule has 3 unspecified atom stereocenters. The summed E-state index contributed by atoms with van der Waals surface area (Å²) in [6.07, 6.45) is 3.70. The van der Waals surface area contributed by atoms with Gasteiger partial charge in [-0.3, -0.25) is 14.4 Å². The number of amides is 3. The van der Waals surface area contributed by atoms with Crippen molar-refractivity contribution < 1.29 is 24.3 Å². The molecule has 1 heterocycles. The van der Waals surface area contributed by atoms with Crippen LogP contribution in [0.4, 0.5) is 0 Å². The number of aromatic nitrogens is 1. The quantitative estimate of drug-likeness (QED) is 0.193. The van der Waals surface area contributed by atoms with Gasteiger partial charge >= 0.3 is 5.97 Å². The Balaban J connectivity index is 1.84. The first-order valence-electron chi connectivity index (χ1n) is 10.8. The lowest BCUT2D eigenvalue weighted by Crippen LogP contribution is -2.53. The molecule has 1 aromatic heterocycles. The van der Waals surface area contributed by atoms with E-state index in [1.54, 1.807) is 6.20 Å². The highest BCUT2D eigenvalue weighted by Crippen LogP contribution is 2.19. The monoisotopic (exact) mass is 460 g/mol. The number of carboxylic acid groups (broad SMARTS) is 1. The molecular formula is C22H32N6O5. The molecule has 0 bridgehead atoms. The van der Waals surface area contributed by atoms with Crippen LogP contribution >= 0.6 is 0 Å². The molecule has 180 valence electrons. The van der Waals surface area contributed by atoms with Crippen LogP contribution in [0.25, 0.3) is 10.9 Å². The molecule has 3 atom stereocenters. The third-order valence-corrected chi connectivity index (χ3v) is 5.21. The SMILES string of the molecule is CC(NC(=O)CNC(=O)C(N)CCCCN)C(=O)NC(Cc1c[nH]c2ccccc12)C(=O)O. The van der Waals surface area contributed by atoms with Crippen molar-refractivity contribution in [2.45, 2.75) is 50.7 Å². The average Bonchev–Trinajstić information content (AvgIpc) is 3.19. The summed E-state index contributed by atoms with van der Waals surface area (Å²) in [5.74, 6) is -2.91. The molecule has 0 saturated carbocycles. The zero-order chi connectivity index (χ0) is 24.4. The number of fused-ring (bicyclic) bond motifs is 1. The molecule has 9 N–H and O–H groups in total. The van der Waals surface area contributed by atoms with Gasteiger partial charge in [0.05, 0.1) is 12.6 Å². The fourth-order valence-electron chi connectivity index (χ4n) is 3.31. The summed E-state index contributed by atoms with van der Waals surface area (Å²) in [5, 5.41) is 17.7. The second-order valence-corrected chi connectivity index (χ2v) is 7.86. The number of unbranched alkanes of at least 4 members (excludes halogenated alkanes) is 1. The van der Waals surface area contributed by atoms with Crippen LogP contribution in [-0.4, -0.2) is 65.0 Å². The van der Waals surface area contributed by atoms with Gasteiger partial charge in [0.25, 0.3) is 0 Å². The van der Waals surface area contributed by atoms with Crippen molar-refractivity contribution >= 4 is 34.6 Å². The van der Waals surface area contributed by atoms with Crippen molar-refractivity contribution in [1.82, 2.24) is 20.9 Å². The van der Waals surface area contributed by atoms with Crippen molar-refractivity contribution in [3.05, 3.63) is 36.0 Å². The van der Waals surface area contributed by atoms with Gasteiger partial charge in [-0.2, -0.15) is 0 Å². The normalized spacial score (nSPS) is 13.7. The predicted octanol–water partition coefficient (Wildman–Crippen LogP) is -0.643. The van der Waals surface area contributed by atoms with Gasteiger partial charge in [-0.1, -0.05) is 24.6 Å². The van der Waals surface area contributed by atoms with E-state index in [9.17, 15) is 24.3 Å². The Hall–Kier alpha value is -3.44. The minimum atomic E-state index is -1.19. The zero-order valence-corrected chi connectivity index (χ0v) is 18.6. The minimum Gasteiger partial charge on any atom is -0.480 e. The summed E-state index contributed by atoms with van der Waals surface area (Å²) < 4.78 is 0. The van der Waals surface area contributed by atoms with E-state index in [0.717, 1.165) is 22.9 Å². The van der Waals surface area contributed by atoms with E-state index < -0.39 is 41.8 Å². The third-order valence-electron chi connectivity index (χ3n) is 5.21. The van der Waals surface area contributed by atoms with E-state index >= 15 is 0 Å². The standard InChI is InChI=1S/C22H32N6O5/c1-13(27-19(29)12-26-21(31)16(24)7-4-5-9-23)20(30)28-18(22(32)33)10-14-11-25-17-8-3-2-6-15(14)17/h2-3,6,8,11,13,16,18,25H,4-5,7,9-10,12,23-24H2,1H3,(H,26,31)(H,27,29)(H,28,30)(H,32,33). The van der Waals surface area contributed by atoms with Gasteiger partial charge in [-0.05, 0) is 37.9 Å². The third kappa shape index (κ3) is 7.88. The summed E-state index contributed by atoms with van der Waals surface area (Å²) in [7, 11) is 0. The van der Waals surface area contributed by atoms with Crippen LogP contribution in [0.2, 0.25) is 0 Å². The average molecular weight is 461 g/mol. The van der Waals surface area contributed by atoms with Crippen LogP contribution in [-0.2, 0) is 25.6 Å². The molecule has 11 nitrogen and oxygen atoms in total. The van der Waals surface area contributed by atoms with Crippen molar-refractivity contribution in [2.75, 3.05) is 13.1 Å². The molecule has 3 amide bonds. The van der Waals surface area contributed by atoms with Gasteiger partial charge in [0.2, 0.25) is 17.7 Å². The number of hydrogen-bond acceptors (Lipinski definition) is 6. The first-order valence-corrected chi connectivity index (χ1v) is 10.8. The van der Waals surface area contributed by atoms with Crippen LogP contribution in [0.15, 0.2) is 30.5 Å². The van der Waals surface area contributed by atoms with Crippen molar-refractivity contribution in [2.24, 2.45) is 11.5 Å². The number of aromatic amines is 1. The molecule has 0 aliphatic heterocycles. The van der Waals surface area contributed by atoms with E-state index in [1.807, 2.05) is 24.3 Å². The maximum Gasteiger partial charge on any atom is 0.326 e. The fourth-order valence-corrected chi connectivity index (χ4v) is 3.31. The number of nitrogens with two attached hydrogens (primary N) is 2. The van der Waals surface area contributed by atoms with Gasteiger partial charge < -0.3 is 37.5 Å². The molecule has 2 aromatic rings. The van der Waals surface area contributed by atoms with Crippen molar-refractivity contribution in [3.63, 3.8) is 0 Å². The molecule has 0 aliphatic carbocycles. The highest BCUT2D eigenvalue weighted by Gasteiger charge is 2.25. The van der Waals surface area contributed by atoms with Gasteiger partial charge in [0, 0.05) is 23.5 Å². The van der Waals surface area contributed by atoms with Crippen LogP contribution in [0.3, 0.4) is 0 Å². The first kappa shape index (κ1) is 25.8. The number of carbonyl (C=O) groups excluding carboxylic acids is 3. The molecule has 2 rings (SSSR count). The number of aliphatic carboxylic acids is 1. The predicted molar refractivity (Wildman–Crippen MR) is 123 cm³/mol. The van der Waals surface area contributed by atoms with E-state index in [-0.39, 0.29) is 13.0 Å². The number of nitrogens with one attached hydrogen (secondary N) is 4. The van der Waals surface area contributed by atoms with Crippen LogP contribution in [0.1, 0.15) is 31.7 Å². The molecule has 0 radical (unpaired) electrons. The Labute approximate surface area is 191 Å². The minimum absolute atomic E-state index is 0.0733. The second kappa shape index (κ2) is 12.6. The fraction of sp³-hybridized carbons (Fsp3) is 0.455. The Morgan fingerprint density at radius 1 is 1.09 bits per heavy atom. The number of H-pyrrole nitrogens is 1. The summed E-state index contributed by atoms with van der Waals surface area (Å²) >= 11 is 0. The van der Waals surface area contributed by atoms with Gasteiger partial charge in [0.1, 0.15) is 12.1 Å². The molecule has 0 fully saturated rings. The van der Waals surface area contributed by atoms with Crippen LogP contribution < -0.4 is 27.4 Å². The lowest BCUT2D eigenvalue weighted by atomic mass is 10.0. The maximum atomic E-state index is 12.5. The highest BCUT2D eigenvalue weighted by molar-refractivity contribution is 5.92. The number of para-hydroxylation sites is 1. The Bertz CT molecular complexity index is 975. The molecule has 0 saturated heterocycles. The maximum absolute atomic E-state index is 12.5. The van der Waals surface area contributed by atoms with E-state index in [1.165, 1.54) is 6.92 Å². The van der Waals surface area contributed by atoms with Crippen molar-refractivity contribution in [3.8, 4) is 0 Å². The van der Waals surface area contributed by atoms with Crippen LogP contribution in [0, 0.1) is 0 Å². The highest BCUT2D eigenvalue weighted by atomic mass is 16.4. The Kier molecular flexibility index (Phi) is 9.83. The first-order chi connectivity index (χ1) is 15.7. The summed E-state index contributed by atoms with van der Waals surface area (Å²) in [6, 6.07) is 4.52. The molecular weight excluding hydrogens is 428 g/mol. The summed E-state index contributed by atoms with van der Waals surface area (Å²) in [6.45, 7) is 1.60. The lowest BCUT2D eigenvalue weighted by molar-refractivity contribution is -0.142. The molecule has 0 spiro atoms. The molecule has 0 aliphatic rings. The largest absolute Gasteiger partial charge is 0.480 e. The molecule has 11 heteroatoms. The van der Waals surface area contributed by atoms with Gasteiger partial charge in [0.15, 0.2) is 0 Å². The van der Waals surface area contributed by atoms with E-state index in [0.29, 0.717) is 19.4 Å². The number of rotatable bonds is 13. The lowest BCUT2D eigenvalue weighted by Gasteiger charge is -2.19. The molecule has 33 heavy (non-hydrogen) atoms. The Morgan fingerprint density at radius 3 is 2.52 bits per heavy atom. The number of carbonyl (C=O) groups is 4. The van der Waals surface area contributed by atoms with Crippen LogP contribution in [0.5, 0.6) is 0 Å². The number of benzene rings is 1. The summed E-state index contributed by atoms with van der Waals surface area (Å²) in [5.41, 5.74) is 12.8. The second-order valence-electron chi connectivity index (χ2n) is 7.86. The molecule has 1 aromatic carbocycles. The number of carboxylic acids is 1. The van der Waals surface area contributed by atoms with E-state index in [4.69, 9.17) is 11.5 Å². The van der Waals surface area contributed by atoms with Gasteiger partial charge in [-0.15, -0.1) is 0 Å². The van der Waals surface area contributed by atoms with Gasteiger partial charge in [-0.25, -0.2) is 4.79 Å². The van der Waals surface area contributed by atoms with E-state index in [2.05, 4.69) is 20.9 Å².